The molecule has 0 aliphatic carbocycles. The van der Waals surface area contributed by atoms with Crippen molar-refractivity contribution in [3.05, 3.63) is 95.0 Å². The lowest BCUT2D eigenvalue weighted by molar-refractivity contribution is -0.140. The van der Waals surface area contributed by atoms with Gasteiger partial charge < -0.3 is 10.2 Å². The molecule has 3 aromatic carbocycles. The van der Waals surface area contributed by atoms with Crippen LogP contribution in [0.5, 0.6) is 0 Å². The number of aryl methyl sites for hydroxylation is 1. The highest BCUT2D eigenvalue weighted by molar-refractivity contribution is 7.92. The standard InChI is InChI=1S/C29H34ClN3O4S/c1-5-27(29(35)31-21(2)3)32(19-23-9-7-6-8-10-23)28(34)20-33(25-15-13-24(30)14-16-25)38(36,37)26-17-11-22(4)12-18-26/h6-18,21,27H,5,19-20H2,1-4H3,(H,31,35). The molecule has 0 aliphatic heterocycles. The first kappa shape index (κ1) is 29.2. The van der Waals surface area contributed by atoms with Gasteiger partial charge in [-0.25, -0.2) is 8.42 Å². The maximum absolute atomic E-state index is 13.9. The zero-order valence-electron chi connectivity index (χ0n) is 22.1. The molecular formula is C29H34ClN3O4S. The van der Waals surface area contributed by atoms with E-state index in [9.17, 15) is 18.0 Å². The summed E-state index contributed by atoms with van der Waals surface area (Å²) in [5.41, 5.74) is 2.04. The van der Waals surface area contributed by atoms with Gasteiger partial charge in [-0.1, -0.05) is 66.6 Å². The van der Waals surface area contributed by atoms with Gasteiger partial charge in [-0.15, -0.1) is 0 Å². The molecule has 202 valence electrons. The minimum absolute atomic E-state index is 0.0602. The summed E-state index contributed by atoms with van der Waals surface area (Å²) in [6, 6.07) is 21.2. The van der Waals surface area contributed by atoms with Crippen molar-refractivity contribution in [2.45, 2.75) is 57.6 Å². The van der Waals surface area contributed by atoms with Gasteiger partial charge in [0.15, 0.2) is 0 Å². The van der Waals surface area contributed by atoms with Crippen LogP contribution in [0.2, 0.25) is 5.02 Å². The van der Waals surface area contributed by atoms with Crippen molar-refractivity contribution in [2.24, 2.45) is 0 Å². The van der Waals surface area contributed by atoms with Crippen LogP contribution in [0.25, 0.3) is 0 Å². The minimum atomic E-state index is -4.11. The number of nitrogens with zero attached hydrogens (tertiary/aromatic N) is 2. The molecule has 0 bridgehead atoms. The summed E-state index contributed by atoms with van der Waals surface area (Å²) < 4.78 is 28.7. The fourth-order valence-electron chi connectivity index (χ4n) is 4.05. The van der Waals surface area contributed by atoms with Crippen molar-refractivity contribution in [1.82, 2.24) is 10.2 Å². The fourth-order valence-corrected chi connectivity index (χ4v) is 5.59. The Morgan fingerprint density at radius 2 is 1.53 bits per heavy atom. The number of benzene rings is 3. The summed E-state index contributed by atoms with van der Waals surface area (Å²) in [4.78, 5) is 28.6. The molecule has 3 rings (SSSR count). The highest BCUT2D eigenvalue weighted by Gasteiger charge is 2.33. The van der Waals surface area contributed by atoms with Gasteiger partial charge in [0.25, 0.3) is 10.0 Å². The highest BCUT2D eigenvalue weighted by atomic mass is 35.5. The van der Waals surface area contributed by atoms with Gasteiger partial charge in [0, 0.05) is 17.6 Å². The number of sulfonamides is 1. The smallest absolute Gasteiger partial charge is 0.264 e. The molecule has 0 fully saturated rings. The zero-order chi connectivity index (χ0) is 27.9. The summed E-state index contributed by atoms with van der Waals surface area (Å²) in [6.07, 6.45) is 0.364. The second-order valence-corrected chi connectivity index (χ2v) is 11.7. The van der Waals surface area contributed by atoms with E-state index in [2.05, 4.69) is 5.32 Å². The van der Waals surface area contributed by atoms with Gasteiger partial charge in [0.2, 0.25) is 11.8 Å². The number of nitrogens with one attached hydrogen (secondary N) is 1. The number of halogens is 1. The summed E-state index contributed by atoms with van der Waals surface area (Å²) in [5, 5.41) is 3.33. The molecule has 0 saturated carbocycles. The molecule has 9 heteroatoms. The molecule has 1 unspecified atom stereocenters. The third kappa shape index (κ3) is 7.36. The van der Waals surface area contributed by atoms with E-state index in [1.807, 2.05) is 58.0 Å². The monoisotopic (exact) mass is 555 g/mol. The average Bonchev–Trinajstić information content (AvgIpc) is 2.88. The second-order valence-electron chi connectivity index (χ2n) is 9.40. The SMILES string of the molecule is CCC(C(=O)NC(C)C)N(Cc1ccccc1)C(=O)CN(c1ccc(Cl)cc1)S(=O)(=O)c1ccc(C)cc1. The summed E-state index contributed by atoms with van der Waals surface area (Å²) >= 11 is 6.06. The van der Waals surface area contributed by atoms with Crippen molar-refractivity contribution >= 4 is 39.1 Å². The van der Waals surface area contributed by atoms with Gasteiger partial charge in [-0.2, -0.15) is 0 Å². The van der Waals surface area contributed by atoms with Crippen LogP contribution in [0.15, 0.2) is 83.8 Å². The molecule has 0 saturated heterocycles. The van der Waals surface area contributed by atoms with Crippen molar-refractivity contribution in [2.75, 3.05) is 10.8 Å². The van der Waals surface area contributed by atoms with Crippen molar-refractivity contribution in [3.63, 3.8) is 0 Å². The van der Waals surface area contributed by atoms with Gasteiger partial charge in [-0.3, -0.25) is 13.9 Å². The van der Waals surface area contributed by atoms with Crippen LogP contribution in [0, 0.1) is 6.92 Å². The maximum Gasteiger partial charge on any atom is 0.264 e. The average molecular weight is 556 g/mol. The van der Waals surface area contributed by atoms with Crippen LogP contribution in [-0.2, 0) is 26.2 Å². The number of hydrogen-bond acceptors (Lipinski definition) is 4. The van der Waals surface area contributed by atoms with E-state index in [0.717, 1.165) is 15.4 Å². The second kappa shape index (κ2) is 12.9. The molecule has 0 aromatic heterocycles. The predicted molar refractivity (Wildman–Crippen MR) is 152 cm³/mol. The first-order chi connectivity index (χ1) is 18.0. The normalized spacial score (nSPS) is 12.2. The largest absolute Gasteiger partial charge is 0.352 e. The Kier molecular flexibility index (Phi) is 9.94. The Balaban J connectivity index is 2.04. The van der Waals surface area contributed by atoms with Crippen molar-refractivity contribution in [3.8, 4) is 0 Å². The fraction of sp³-hybridized carbons (Fsp3) is 0.310. The molecule has 0 radical (unpaired) electrons. The van der Waals surface area contributed by atoms with E-state index < -0.39 is 28.5 Å². The van der Waals surface area contributed by atoms with Crippen LogP contribution >= 0.6 is 11.6 Å². The maximum atomic E-state index is 13.9. The molecule has 1 atom stereocenters. The molecule has 0 heterocycles. The third-order valence-corrected chi connectivity index (χ3v) is 8.06. The van der Waals surface area contributed by atoms with E-state index in [1.54, 1.807) is 36.4 Å². The van der Waals surface area contributed by atoms with Crippen LogP contribution in [0.1, 0.15) is 38.3 Å². The number of anilines is 1. The lowest BCUT2D eigenvalue weighted by atomic mass is 10.1. The lowest BCUT2D eigenvalue weighted by Crippen LogP contribution is -2.53. The predicted octanol–water partition coefficient (Wildman–Crippen LogP) is 5.18. The van der Waals surface area contributed by atoms with Crippen molar-refractivity contribution in [1.29, 1.82) is 0 Å². The van der Waals surface area contributed by atoms with Crippen molar-refractivity contribution < 1.29 is 18.0 Å². The van der Waals surface area contributed by atoms with E-state index in [-0.39, 0.29) is 23.4 Å². The highest BCUT2D eigenvalue weighted by Crippen LogP contribution is 2.26. The van der Waals surface area contributed by atoms with Crippen LogP contribution in [-0.4, -0.2) is 43.8 Å². The molecule has 0 spiro atoms. The summed E-state index contributed by atoms with van der Waals surface area (Å²) in [6.45, 7) is 7.06. The number of carbonyl (C=O) groups is 2. The number of rotatable bonds is 11. The quantitative estimate of drug-likeness (QED) is 0.353. The van der Waals surface area contributed by atoms with E-state index in [4.69, 9.17) is 11.6 Å². The van der Waals surface area contributed by atoms with E-state index in [1.165, 1.54) is 17.0 Å². The third-order valence-electron chi connectivity index (χ3n) is 6.02. The Hall–Kier alpha value is -3.36. The minimum Gasteiger partial charge on any atom is -0.352 e. The molecule has 1 N–H and O–H groups in total. The summed E-state index contributed by atoms with van der Waals surface area (Å²) in [7, 11) is -4.11. The molecular weight excluding hydrogens is 522 g/mol. The lowest BCUT2D eigenvalue weighted by Gasteiger charge is -2.33. The van der Waals surface area contributed by atoms with Crippen LogP contribution in [0.3, 0.4) is 0 Å². The Bertz CT molecular complexity index is 1330. The number of carbonyl (C=O) groups excluding carboxylic acids is 2. The number of hydrogen-bond donors (Lipinski definition) is 1. The Labute approximate surface area is 230 Å². The van der Waals surface area contributed by atoms with Gasteiger partial charge >= 0.3 is 0 Å². The molecule has 2 amide bonds. The zero-order valence-corrected chi connectivity index (χ0v) is 23.7. The Morgan fingerprint density at radius 3 is 2.08 bits per heavy atom. The van der Waals surface area contributed by atoms with Crippen LogP contribution in [0.4, 0.5) is 5.69 Å². The topological polar surface area (TPSA) is 86.8 Å². The molecule has 38 heavy (non-hydrogen) atoms. The van der Waals surface area contributed by atoms with Gasteiger partial charge in [-0.05, 0) is 69.2 Å². The first-order valence-corrected chi connectivity index (χ1v) is 14.3. The van der Waals surface area contributed by atoms with E-state index in [0.29, 0.717) is 17.1 Å². The van der Waals surface area contributed by atoms with Gasteiger partial charge in [0.1, 0.15) is 12.6 Å². The van der Waals surface area contributed by atoms with Gasteiger partial charge in [0.05, 0.1) is 10.6 Å². The Morgan fingerprint density at radius 1 is 0.921 bits per heavy atom. The summed E-state index contributed by atoms with van der Waals surface area (Å²) in [5.74, 6) is -0.781. The molecule has 3 aromatic rings. The van der Waals surface area contributed by atoms with E-state index >= 15 is 0 Å². The van der Waals surface area contributed by atoms with Crippen LogP contribution < -0.4 is 9.62 Å². The molecule has 0 aliphatic rings. The first-order valence-electron chi connectivity index (χ1n) is 12.5. The molecule has 7 nitrogen and oxygen atoms in total. The number of amides is 2.